The fourth-order valence-corrected chi connectivity index (χ4v) is 2.27. The number of aryl methyl sites for hydroxylation is 1. The Kier molecular flexibility index (Phi) is 4.30. The molecule has 2 aromatic heterocycles. The molecule has 0 spiro atoms. The summed E-state index contributed by atoms with van der Waals surface area (Å²) in [6, 6.07) is 2.11. The van der Waals surface area contributed by atoms with Gasteiger partial charge in [0.25, 0.3) is 0 Å². The molecule has 1 N–H and O–H groups in total. The fraction of sp³-hybridized carbons (Fsp3) is 0.467. The van der Waals surface area contributed by atoms with Crippen LogP contribution < -0.4 is 5.32 Å². The number of nitrogens with zero attached hydrogens (tertiary/aromatic N) is 3. The van der Waals surface area contributed by atoms with Gasteiger partial charge < -0.3 is 5.32 Å². The van der Waals surface area contributed by atoms with Crippen molar-refractivity contribution in [2.75, 3.05) is 0 Å². The molecule has 4 nitrogen and oxygen atoms in total. The van der Waals surface area contributed by atoms with Crippen LogP contribution in [0.4, 0.5) is 0 Å². The molecule has 2 rings (SSSR count). The molecule has 0 aliphatic carbocycles. The lowest BCUT2D eigenvalue weighted by Gasteiger charge is -2.21. The monoisotopic (exact) mass is 336 g/mol. The average molecular weight is 337 g/mol. The normalized spacial score (nSPS) is 11.9. The molecule has 0 fully saturated rings. The highest BCUT2D eigenvalue weighted by Gasteiger charge is 2.14. The van der Waals surface area contributed by atoms with Gasteiger partial charge in [0.2, 0.25) is 0 Å². The molecule has 0 amide bonds. The van der Waals surface area contributed by atoms with Gasteiger partial charge in [-0.15, -0.1) is 0 Å². The van der Waals surface area contributed by atoms with E-state index in [1.807, 2.05) is 24.0 Å². The van der Waals surface area contributed by atoms with Crippen molar-refractivity contribution in [3.05, 3.63) is 40.0 Å². The van der Waals surface area contributed by atoms with Crippen LogP contribution in [0.3, 0.4) is 0 Å². The molecule has 0 aliphatic rings. The predicted molar refractivity (Wildman–Crippen MR) is 85.1 cm³/mol. The summed E-state index contributed by atoms with van der Waals surface area (Å²) < 4.78 is 3.03. The van der Waals surface area contributed by atoms with Crippen molar-refractivity contribution in [3.63, 3.8) is 0 Å². The van der Waals surface area contributed by atoms with E-state index in [1.54, 1.807) is 0 Å². The van der Waals surface area contributed by atoms with Gasteiger partial charge in [0, 0.05) is 34.0 Å². The Morgan fingerprint density at radius 1 is 1.25 bits per heavy atom. The molecular formula is C15H21BrN4. The van der Waals surface area contributed by atoms with E-state index in [9.17, 15) is 0 Å². The van der Waals surface area contributed by atoms with E-state index in [1.165, 1.54) is 0 Å². The maximum Gasteiger partial charge on any atom is 0.142 e. The quantitative estimate of drug-likeness (QED) is 0.932. The minimum atomic E-state index is 0.0689. The minimum Gasteiger partial charge on any atom is -0.308 e. The summed E-state index contributed by atoms with van der Waals surface area (Å²) in [5.41, 5.74) is 3.37. The zero-order valence-electron chi connectivity index (χ0n) is 12.7. The van der Waals surface area contributed by atoms with Gasteiger partial charge in [0.1, 0.15) is 12.1 Å². The molecule has 0 saturated carbocycles. The van der Waals surface area contributed by atoms with Crippen molar-refractivity contribution in [1.29, 1.82) is 0 Å². The molecule has 0 radical (unpaired) electrons. The average Bonchev–Trinajstić information content (AvgIpc) is 2.67. The first-order chi connectivity index (χ1) is 9.28. The molecule has 2 aromatic rings. The number of imidazole rings is 1. The third kappa shape index (κ3) is 3.46. The van der Waals surface area contributed by atoms with Gasteiger partial charge in [-0.1, -0.05) is 0 Å². The van der Waals surface area contributed by atoms with Crippen LogP contribution >= 0.6 is 15.9 Å². The number of rotatable bonds is 3. The van der Waals surface area contributed by atoms with E-state index in [2.05, 4.69) is 65.0 Å². The van der Waals surface area contributed by atoms with E-state index in [0.29, 0.717) is 0 Å². The number of nitrogens with one attached hydrogen (secondary N) is 1. The number of hydrogen-bond donors (Lipinski definition) is 1. The zero-order valence-corrected chi connectivity index (χ0v) is 14.2. The molecule has 0 atom stereocenters. The Labute approximate surface area is 128 Å². The van der Waals surface area contributed by atoms with Crippen LogP contribution in [0, 0.1) is 13.8 Å². The molecule has 0 aliphatic heterocycles. The largest absolute Gasteiger partial charge is 0.308 e. The second kappa shape index (κ2) is 5.66. The summed E-state index contributed by atoms with van der Waals surface area (Å²) >= 11 is 3.50. The molecule has 0 unspecified atom stereocenters. The number of aromatic nitrogens is 3. The Morgan fingerprint density at radius 2 is 1.95 bits per heavy atom. The molecule has 20 heavy (non-hydrogen) atoms. The Morgan fingerprint density at radius 3 is 2.50 bits per heavy atom. The standard InChI is InChI=1S/C15H21BrN4/c1-10-11(2)20(9-18-10)14-12(6-13(16)8-17-14)7-19-15(3,4)5/h6,8-9,19H,7H2,1-5H3. The summed E-state index contributed by atoms with van der Waals surface area (Å²) in [6.07, 6.45) is 3.66. The minimum absolute atomic E-state index is 0.0689. The van der Waals surface area contributed by atoms with Gasteiger partial charge in [-0.25, -0.2) is 9.97 Å². The second-order valence-electron chi connectivity index (χ2n) is 6.03. The molecule has 108 valence electrons. The van der Waals surface area contributed by atoms with E-state index < -0.39 is 0 Å². The van der Waals surface area contributed by atoms with Crippen LogP contribution in [0.25, 0.3) is 5.82 Å². The summed E-state index contributed by atoms with van der Waals surface area (Å²) in [7, 11) is 0. The van der Waals surface area contributed by atoms with Crippen molar-refractivity contribution < 1.29 is 0 Å². The molecular weight excluding hydrogens is 316 g/mol. The first-order valence-electron chi connectivity index (χ1n) is 6.68. The number of halogens is 1. The topological polar surface area (TPSA) is 42.7 Å². The fourth-order valence-electron chi connectivity index (χ4n) is 1.89. The van der Waals surface area contributed by atoms with E-state index in [-0.39, 0.29) is 5.54 Å². The van der Waals surface area contributed by atoms with Gasteiger partial charge in [0.05, 0.1) is 5.69 Å². The van der Waals surface area contributed by atoms with E-state index >= 15 is 0 Å². The Balaban J connectivity index is 2.40. The van der Waals surface area contributed by atoms with Crippen LogP contribution in [-0.2, 0) is 6.54 Å². The summed E-state index contributed by atoms with van der Waals surface area (Å²) in [6.45, 7) is 11.3. The maximum absolute atomic E-state index is 4.56. The van der Waals surface area contributed by atoms with E-state index in [4.69, 9.17) is 0 Å². The van der Waals surface area contributed by atoms with Gasteiger partial charge in [-0.2, -0.15) is 0 Å². The lowest BCUT2D eigenvalue weighted by Crippen LogP contribution is -2.35. The molecule has 0 bridgehead atoms. The summed E-state index contributed by atoms with van der Waals surface area (Å²) in [5.74, 6) is 0.933. The zero-order chi connectivity index (χ0) is 14.9. The first kappa shape index (κ1) is 15.2. The van der Waals surface area contributed by atoms with Gasteiger partial charge in [-0.3, -0.25) is 4.57 Å². The SMILES string of the molecule is Cc1ncn(-c2ncc(Br)cc2CNC(C)(C)C)c1C. The third-order valence-corrected chi connectivity index (χ3v) is 3.63. The lowest BCUT2D eigenvalue weighted by atomic mass is 10.1. The maximum atomic E-state index is 4.56. The smallest absolute Gasteiger partial charge is 0.142 e. The third-order valence-electron chi connectivity index (χ3n) is 3.20. The van der Waals surface area contributed by atoms with Crippen LogP contribution in [0.1, 0.15) is 37.7 Å². The number of pyridine rings is 1. The van der Waals surface area contributed by atoms with Crippen LogP contribution in [0.15, 0.2) is 23.1 Å². The van der Waals surface area contributed by atoms with Crippen molar-refractivity contribution >= 4 is 15.9 Å². The summed E-state index contributed by atoms with van der Waals surface area (Å²) in [5, 5.41) is 3.51. The molecule has 0 aromatic carbocycles. The van der Waals surface area contributed by atoms with Gasteiger partial charge in [-0.05, 0) is 56.6 Å². The first-order valence-corrected chi connectivity index (χ1v) is 7.47. The Hall–Kier alpha value is -1.20. The van der Waals surface area contributed by atoms with Gasteiger partial charge >= 0.3 is 0 Å². The van der Waals surface area contributed by atoms with E-state index in [0.717, 1.165) is 33.8 Å². The highest BCUT2D eigenvalue weighted by atomic mass is 79.9. The highest BCUT2D eigenvalue weighted by Crippen LogP contribution is 2.20. The Bertz CT molecular complexity index is 611. The van der Waals surface area contributed by atoms with Crippen LogP contribution in [0.5, 0.6) is 0 Å². The van der Waals surface area contributed by atoms with Crippen molar-refractivity contribution in [1.82, 2.24) is 19.9 Å². The molecule has 0 saturated heterocycles. The molecule has 5 heteroatoms. The van der Waals surface area contributed by atoms with Crippen molar-refractivity contribution in [3.8, 4) is 5.82 Å². The van der Waals surface area contributed by atoms with Crippen LogP contribution in [0.2, 0.25) is 0 Å². The van der Waals surface area contributed by atoms with Crippen LogP contribution in [-0.4, -0.2) is 20.1 Å². The number of hydrogen-bond acceptors (Lipinski definition) is 3. The predicted octanol–water partition coefficient (Wildman–Crippen LogP) is 3.53. The second-order valence-corrected chi connectivity index (χ2v) is 6.94. The van der Waals surface area contributed by atoms with Crippen molar-refractivity contribution in [2.45, 2.75) is 46.7 Å². The highest BCUT2D eigenvalue weighted by molar-refractivity contribution is 9.10. The molecule has 2 heterocycles. The van der Waals surface area contributed by atoms with Gasteiger partial charge in [0.15, 0.2) is 0 Å². The van der Waals surface area contributed by atoms with Crippen molar-refractivity contribution in [2.24, 2.45) is 0 Å². The summed E-state index contributed by atoms with van der Waals surface area (Å²) in [4.78, 5) is 8.92. The lowest BCUT2D eigenvalue weighted by molar-refractivity contribution is 0.423.